The van der Waals surface area contributed by atoms with Gasteiger partial charge in [0.2, 0.25) is 0 Å². The molecule has 0 N–H and O–H groups in total. The number of esters is 1. The molecule has 0 aliphatic heterocycles. The monoisotopic (exact) mass is 305 g/mol. The molecule has 0 radical (unpaired) electrons. The van der Waals surface area contributed by atoms with Gasteiger partial charge in [0.15, 0.2) is 0 Å². The lowest BCUT2D eigenvalue weighted by atomic mass is 10.2. The summed E-state index contributed by atoms with van der Waals surface area (Å²) in [6.07, 6.45) is 1.53. The number of carbonyl (C=O) groups excluding carboxylic acids is 1. The fourth-order valence-electron chi connectivity index (χ4n) is 1.86. The first-order valence-corrected chi connectivity index (χ1v) is 8.28. The molecule has 0 heterocycles. The predicted molar refractivity (Wildman–Crippen MR) is 79.0 cm³/mol. The number of ether oxygens (including phenoxy) is 1. The molecule has 0 amide bonds. The van der Waals surface area contributed by atoms with E-state index in [9.17, 15) is 4.79 Å². The van der Waals surface area contributed by atoms with E-state index in [-0.39, 0.29) is 12.7 Å². The highest BCUT2D eigenvalue weighted by molar-refractivity contribution is 6.69. The standard InChI is InChI=1S/C13H27NO5Si/c1-8-9-12(20(16-5,17-6)18-7)11(2)13(15)19-10-14(3)4/h8-10H2,1-7H3. The van der Waals surface area contributed by atoms with E-state index in [1.165, 1.54) is 21.3 Å². The molecule has 0 bridgehead atoms. The summed E-state index contributed by atoms with van der Waals surface area (Å²) >= 11 is 0. The van der Waals surface area contributed by atoms with Crippen LogP contribution in [0, 0.1) is 0 Å². The van der Waals surface area contributed by atoms with Crippen LogP contribution in [0.1, 0.15) is 26.7 Å². The molecule has 0 spiro atoms. The minimum absolute atomic E-state index is 0.233. The number of rotatable bonds is 9. The molecule has 0 rings (SSSR count). The van der Waals surface area contributed by atoms with Crippen LogP contribution < -0.4 is 0 Å². The zero-order valence-corrected chi connectivity index (χ0v) is 14.6. The summed E-state index contributed by atoms with van der Waals surface area (Å²) in [7, 11) is 5.28. The molecule has 7 heteroatoms. The molecule has 20 heavy (non-hydrogen) atoms. The third-order valence-corrected chi connectivity index (χ3v) is 5.87. The van der Waals surface area contributed by atoms with Gasteiger partial charge in [-0.15, -0.1) is 0 Å². The van der Waals surface area contributed by atoms with Crippen LogP contribution in [0.3, 0.4) is 0 Å². The average Bonchev–Trinajstić information content (AvgIpc) is 2.45. The normalized spacial score (nSPS) is 13.4. The molecule has 0 aliphatic rings. The first kappa shape index (κ1) is 19.3. The lowest BCUT2D eigenvalue weighted by molar-refractivity contribution is -0.142. The Kier molecular flexibility index (Phi) is 8.91. The van der Waals surface area contributed by atoms with E-state index in [0.29, 0.717) is 12.0 Å². The molecule has 0 saturated heterocycles. The number of nitrogens with zero attached hydrogens (tertiary/aromatic N) is 1. The first-order valence-electron chi connectivity index (χ1n) is 6.56. The van der Waals surface area contributed by atoms with Gasteiger partial charge < -0.3 is 18.0 Å². The van der Waals surface area contributed by atoms with Gasteiger partial charge in [-0.1, -0.05) is 13.3 Å². The highest BCUT2D eigenvalue weighted by Crippen LogP contribution is 2.26. The van der Waals surface area contributed by atoms with Crippen molar-refractivity contribution < 1.29 is 22.8 Å². The van der Waals surface area contributed by atoms with E-state index >= 15 is 0 Å². The minimum atomic E-state index is -2.98. The maximum absolute atomic E-state index is 12.1. The lowest BCUT2D eigenvalue weighted by Crippen LogP contribution is -2.46. The van der Waals surface area contributed by atoms with E-state index in [2.05, 4.69) is 0 Å². The van der Waals surface area contributed by atoms with Crippen LogP contribution in [0.25, 0.3) is 0 Å². The van der Waals surface area contributed by atoms with Gasteiger partial charge >= 0.3 is 14.8 Å². The first-order chi connectivity index (χ1) is 9.38. The topological polar surface area (TPSA) is 57.2 Å². The molecule has 0 aromatic carbocycles. The quantitative estimate of drug-likeness (QED) is 0.279. The van der Waals surface area contributed by atoms with Crippen molar-refractivity contribution in [3.8, 4) is 0 Å². The van der Waals surface area contributed by atoms with E-state index in [1.54, 1.807) is 11.8 Å². The summed E-state index contributed by atoms with van der Waals surface area (Å²) in [6.45, 7) is 3.98. The van der Waals surface area contributed by atoms with Crippen molar-refractivity contribution in [3.63, 3.8) is 0 Å². The Morgan fingerprint density at radius 1 is 1.10 bits per heavy atom. The van der Waals surface area contributed by atoms with Crippen LogP contribution in [0.15, 0.2) is 10.8 Å². The van der Waals surface area contributed by atoms with Gasteiger partial charge in [-0.25, -0.2) is 4.79 Å². The predicted octanol–water partition coefficient (Wildman–Crippen LogP) is 1.58. The van der Waals surface area contributed by atoms with Crippen molar-refractivity contribution in [2.24, 2.45) is 0 Å². The Balaban J connectivity index is 5.39. The van der Waals surface area contributed by atoms with E-state index in [0.717, 1.165) is 11.6 Å². The second-order valence-corrected chi connectivity index (χ2v) is 7.60. The molecular weight excluding hydrogens is 278 g/mol. The van der Waals surface area contributed by atoms with E-state index < -0.39 is 8.80 Å². The molecule has 0 atom stereocenters. The summed E-state index contributed by atoms with van der Waals surface area (Å²) in [4.78, 5) is 13.9. The summed E-state index contributed by atoms with van der Waals surface area (Å²) < 4.78 is 21.6. The van der Waals surface area contributed by atoms with Crippen molar-refractivity contribution in [1.82, 2.24) is 4.90 Å². The molecule has 0 unspecified atom stereocenters. The Hall–Kier alpha value is -0.733. The Morgan fingerprint density at radius 2 is 1.60 bits per heavy atom. The number of carbonyl (C=O) groups is 1. The SMILES string of the molecule is CCCC(=C(C)C(=O)OCN(C)C)[Si](OC)(OC)OC. The maximum atomic E-state index is 12.1. The van der Waals surface area contributed by atoms with Gasteiger partial charge in [-0.3, -0.25) is 4.90 Å². The van der Waals surface area contributed by atoms with Gasteiger partial charge in [0.1, 0.15) is 6.73 Å². The van der Waals surface area contributed by atoms with Crippen molar-refractivity contribution in [2.75, 3.05) is 42.2 Å². The molecule has 0 aromatic rings. The fourth-order valence-corrected chi connectivity index (χ4v) is 4.22. The summed E-state index contributed by atoms with van der Waals surface area (Å²) in [6, 6.07) is 0. The van der Waals surface area contributed by atoms with Gasteiger partial charge in [0.25, 0.3) is 0 Å². The maximum Gasteiger partial charge on any atom is 0.532 e. The van der Waals surface area contributed by atoms with Crippen molar-refractivity contribution in [3.05, 3.63) is 10.8 Å². The smallest absolute Gasteiger partial charge is 0.446 e. The number of hydrogen-bond acceptors (Lipinski definition) is 6. The van der Waals surface area contributed by atoms with Crippen LogP contribution in [0.5, 0.6) is 0 Å². The fraction of sp³-hybridized carbons (Fsp3) is 0.769. The average molecular weight is 305 g/mol. The number of hydrogen-bond donors (Lipinski definition) is 0. The van der Waals surface area contributed by atoms with Crippen LogP contribution in [0.2, 0.25) is 0 Å². The second-order valence-electron chi connectivity index (χ2n) is 4.66. The molecular formula is C13H27NO5Si. The molecule has 0 aromatic heterocycles. The zero-order chi connectivity index (χ0) is 15.8. The Labute approximate surface area is 123 Å². The summed E-state index contributed by atoms with van der Waals surface area (Å²) in [5.41, 5.74) is 0.505. The Bertz CT molecular complexity index is 331. The molecule has 0 aliphatic carbocycles. The van der Waals surface area contributed by atoms with Crippen molar-refractivity contribution in [1.29, 1.82) is 0 Å². The van der Waals surface area contributed by atoms with Crippen LogP contribution in [0.4, 0.5) is 0 Å². The largest absolute Gasteiger partial charge is 0.532 e. The van der Waals surface area contributed by atoms with Gasteiger partial charge in [0.05, 0.1) is 0 Å². The van der Waals surface area contributed by atoms with Gasteiger partial charge in [-0.2, -0.15) is 0 Å². The third-order valence-electron chi connectivity index (χ3n) is 2.89. The Morgan fingerprint density at radius 3 is 1.95 bits per heavy atom. The molecule has 0 fully saturated rings. The van der Waals surface area contributed by atoms with Gasteiger partial charge in [-0.05, 0) is 27.4 Å². The van der Waals surface area contributed by atoms with Crippen molar-refractivity contribution >= 4 is 14.8 Å². The highest BCUT2D eigenvalue weighted by Gasteiger charge is 2.44. The highest BCUT2D eigenvalue weighted by atomic mass is 28.4. The lowest BCUT2D eigenvalue weighted by Gasteiger charge is -2.28. The zero-order valence-electron chi connectivity index (χ0n) is 13.6. The van der Waals surface area contributed by atoms with Crippen LogP contribution in [-0.4, -0.2) is 61.8 Å². The van der Waals surface area contributed by atoms with Crippen LogP contribution >= 0.6 is 0 Å². The van der Waals surface area contributed by atoms with Crippen LogP contribution in [-0.2, 0) is 22.8 Å². The number of allylic oxidation sites excluding steroid dienone is 1. The second kappa shape index (κ2) is 9.25. The minimum Gasteiger partial charge on any atom is -0.446 e. The molecule has 6 nitrogen and oxygen atoms in total. The molecule has 0 saturated carbocycles. The summed E-state index contributed by atoms with van der Waals surface area (Å²) in [5.74, 6) is -0.370. The summed E-state index contributed by atoms with van der Waals surface area (Å²) in [5, 5.41) is 0.774. The van der Waals surface area contributed by atoms with Gasteiger partial charge in [0, 0.05) is 32.1 Å². The van der Waals surface area contributed by atoms with E-state index in [4.69, 9.17) is 18.0 Å². The van der Waals surface area contributed by atoms with Crippen molar-refractivity contribution in [2.45, 2.75) is 26.7 Å². The third kappa shape index (κ3) is 4.99. The molecule has 118 valence electrons. The van der Waals surface area contributed by atoms with E-state index in [1.807, 2.05) is 21.0 Å².